The molecule has 0 aliphatic carbocycles. The highest BCUT2D eigenvalue weighted by Crippen LogP contribution is 2.17. The molecule has 0 saturated carbocycles. The molecule has 1 N–H and O–H groups in total. The highest BCUT2D eigenvalue weighted by Gasteiger charge is 2.25. The minimum Gasteiger partial charge on any atom is -0.376 e. The summed E-state index contributed by atoms with van der Waals surface area (Å²) in [5.74, 6) is 0.285. The summed E-state index contributed by atoms with van der Waals surface area (Å²) in [4.78, 5) is 26.7. The second-order valence-corrected chi connectivity index (χ2v) is 6.64. The Morgan fingerprint density at radius 1 is 1.38 bits per heavy atom. The van der Waals surface area contributed by atoms with Crippen LogP contribution in [0.2, 0.25) is 5.02 Å². The molecule has 1 aromatic carbocycles. The number of rotatable bonds is 6. The zero-order valence-corrected chi connectivity index (χ0v) is 15.2. The standard InChI is InChI=1S/C18H20ClN3O4/c1-12-8-16(21-26-12)20-17(23)11-22(10-15-6-3-7-25-15)18(24)13-4-2-5-14(19)9-13/h2,4-5,8-9,15H,3,6-7,10-11H2,1H3,(H,20,21,23). The first-order chi connectivity index (χ1) is 12.5. The third-order valence-electron chi connectivity index (χ3n) is 4.04. The molecule has 1 aliphatic rings. The second kappa shape index (κ2) is 8.33. The lowest BCUT2D eigenvalue weighted by atomic mass is 10.1. The Labute approximate surface area is 156 Å². The van der Waals surface area contributed by atoms with Crippen molar-refractivity contribution in [2.75, 3.05) is 25.0 Å². The predicted molar refractivity (Wildman–Crippen MR) is 96.2 cm³/mol. The van der Waals surface area contributed by atoms with Gasteiger partial charge in [-0.1, -0.05) is 22.8 Å². The van der Waals surface area contributed by atoms with Crippen LogP contribution in [-0.2, 0) is 9.53 Å². The third-order valence-corrected chi connectivity index (χ3v) is 4.27. The van der Waals surface area contributed by atoms with Crippen molar-refractivity contribution in [2.24, 2.45) is 0 Å². The number of aromatic nitrogens is 1. The molecular formula is C18H20ClN3O4. The fourth-order valence-electron chi connectivity index (χ4n) is 2.84. The van der Waals surface area contributed by atoms with Gasteiger partial charge in [0.25, 0.3) is 5.91 Å². The number of nitrogens with zero attached hydrogens (tertiary/aromatic N) is 2. The first-order valence-electron chi connectivity index (χ1n) is 8.41. The number of aryl methyl sites for hydroxylation is 1. The molecule has 0 bridgehead atoms. The number of benzene rings is 1. The Bertz CT molecular complexity index is 786. The average molecular weight is 378 g/mol. The van der Waals surface area contributed by atoms with Crippen molar-refractivity contribution in [2.45, 2.75) is 25.9 Å². The SMILES string of the molecule is Cc1cc(NC(=O)CN(CC2CCCO2)C(=O)c2cccc(Cl)c2)no1. The molecule has 2 aromatic rings. The molecule has 3 rings (SSSR count). The molecule has 1 atom stereocenters. The van der Waals surface area contributed by atoms with Gasteiger partial charge in [0, 0.05) is 29.8 Å². The van der Waals surface area contributed by atoms with Crippen LogP contribution in [0.4, 0.5) is 5.82 Å². The average Bonchev–Trinajstić information content (AvgIpc) is 3.25. The molecule has 8 heteroatoms. The molecule has 0 spiro atoms. The van der Waals surface area contributed by atoms with Crippen molar-refractivity contribution in [3.8, 4) is 0 Å². The molecule has 2 heterocycles. The molecule has 1 unspecified atom stereocenters. The van der Waals surface area contributed by atoms with Crippen molar-refractivity contribution in [1.29, 1.82) is 0 Å². The van der Waals surface area contributed by atoms with Crippen LogP contribution in [0.25, 0.3) is 0 Å². The highest BCUT2D eigenvalue weighted by atomic mass is 35.5. The molecule has 26 heavy (non-hydrogen) atoms. The molecule has 2 amide bonds. The topological polar surface area (TPSA) is 84.7 Å². The fraction of sp³-hybridized carbons (Fsp3) is 0.389. The van der Waals surface area contributed by atoms with Gasteiger partial charge in [-0.3, -0.25) is 9.59 Å². The van der Waals surface area contributed by atoms with Crippen LogP contribution in [0.5, 0.6) is 0 Å². The van der Waals surface area contributed by atoms with Gasteiger partial charge >= 0.3 is 0 Å². The van der Waals surface area contributed by atoms with E-state index >= 15 is 0 Å². The van der Waals surface area contributed by atoms with Crippen LogP contribution >= 0.6 is 11.6 Å². The third kappa shape index (κ3) is 4.83. The van der Waals surface area contributed by atoms with Crippen molar-refractivity contribution in [1.82, 2.24) is 10.1 Å². The normalized spacial score (nSPS) is 16.5. The van der Waals surface area contributed by atoms with Gasteiger partial charge in [-0.15, -0.1) is 0 Å². The van der Waals surface area contributed by atoms with Crippen molar-refractivity contribution in [3.05, 3.63) is 46.7 Å². The number of anilines is 1. The maximum Gasteiger partial charge on any atom is 0.254 e. The quantitative estimate of drug-likeness (QED) is 0.836. The van der Waals surface area contributed by atoms with E-state index < -0.39 is 0 Å². The number of hydrogen-bond donors (Lipinski definition) is 1. The maximum atomic E-state index is 12.9. The summed E-state index contributed by atoms with van der Waals surface area (Å²) in [6, 6.07) is 8.28. The van der Waals surface area contributed by atoms with E-state index in [4.69, 9.17) is 20.9 Å². The van der Waals surface area contributed by atoms with Gasteiger partial charge in [-0.05, 0) is 38.0 Å². The summed E-state index contributed by atoms with van der Waals surface area (Å²) in [6.07, 6.45) is 1.75. The Balaban J connectivity index is 1.71. The van der Waals surface area contributed by atoms with Crippen LogP contribution in [0, 0.1) is 6.92 Å². The summed E-state index contributed by atoms with van der Waals surface area (Å²) < 4.78 is 10.5. The summed E-state index contributed by atoms with van der Waals surface area (Å²) in [6.45, 7) is 2.64. The van der Waals surface area contributed by atoms with E-state index in [1.54, 1.807) is 37.3 Å². The zero-order chi connectivity index (χ0) is 18.5. The van der Waals surface area contributed by atoms with Crippen molar-refractivity contribution < 1.29 is 18.8 Å². The molecule has 0 radical (unpaired) electrons. The van der Waals surface area contributed by atoms with Crippen LogP contribution in [0.15, 0.2) is 34.9 Å². The minimum atomic E-state index is -0.355. The van der Waals surface area contributed by atoms with Crippen LogP contribution < -0.4 is 5.32 Å². The Hall–Kier alpha value is -2.38. The minimum absolute atomic E-state index is 0.0692. The number of halogens is 1. The number of carbonyl (C=O) groups excluding carboxylic acids is 2. The number of amides is 2. The Kier molecular flexibility index (Phi) is 5.90. The van der Waals surface area contributed by atoms with Gasteiger partial charge < -0.3 is 19.5 Å². The largest absolute Gasteiger partial charge is 0.376 e. The van der Waals surface area contributed by atoms with Gasteiger partial charge in [0.2, 0.25) is 5.91 Å². The maximum absolute atomic E-state index is 12.9. The lowest BCUT2D eigenvalue weighted by molar-refractivity contribution is -0.117. The van der Waals surface area contributed by atoms with E-state index in [1.807, 2.05) is 0 Å². The number of carbonyl (C=O) groups is 2. The fourth-order valence-corrected chi connectivity index (χ4v) is 3.03. The van der Waals surface area contributed by atoms with E-state index in [9.17, 15) is 9.59 Å². The molecule has 1 aliphatic heterocycles. The van der Waals surface area contributed by atoms with E-state index in [0.29, 0.717) is 35.3 Å². The van der Waals surface area contributed by atoms with Gasteiger partial charge in [0.1, 0.15) is 12.3 Å². The van der Waals surface area contributed by atoms with Gasteiger partial charge in [0.05, 0.1) is 6.10 Å². The van der Waals surface area contributed by atoms with Gasteiger partial charge in [-0.25, -0.2) is 0 Å². The summed E-state index contributed by atoms with van der Waals surface area (Å²) in [7, 11) is 0. The lowest BCUT2D eigenvalue weighted by Gasteiger charge is -2.25. The molecule has 1 saturated heterocycles. The van der Waals surface area contributed by atoms with Gasteiger partial charge in [-0.2, -0.15) is 0 Å². The van der Waals surface area contributed by atoms with Gasteiger partial charge in [0.15, 0.2) is 5.82 Å². The first-order valence-corrected chi connectivity index (χ1v) is 8.78. The molecule has 1 fully saturated rings. The van der Waals surface area contributed by atoms with E-state index in [0.717, 1.165) is 12.8 Å². The summed E-state index contributed by atoms with van der Waals surface area (Å²) >= 11 is 5.99. The Morgan fingerprint density at radius 2 is 2.23 bits per heavy atom. The summed E-state index contributed by atoms with van der Waals surface area (Å²) in [5, 5.41) is 6.83. The monoisotopic (exact) mass is 377 g/mol. The molecule has 7 nitrogen and oxygen atoms in total. The molecule has 1 aromatic heterocycles. The van der Waals surface area contributed by atoms with Crippen molar-refractivity contribution in [3.63, 3.8) is 0 Å². The van der Waals surface area contributed by atoms with Crippen LogP contribution in [0.1, 0.15) is 29.0 Å². The number of hydrogen-bond acceptors (Lipinski definition) is 5. The zero-order valence-electron chi connectivity index (χ0n) is 14.4. The Morgan fingerprint density at radius 3 is 2.88 bits per heavy atom. The van der Waals surface area contributed by atoms with E-state index in [2.05, 4.69) is 10.5 Å². The van der Waals surface area contributed by atoms with E-state index in [-0.39, 0.29) is 24.5 Å². The number of ether oxygens (including phenoxy) is 1. The smallest absolute Gasteiger partial charge is 0.254 e. The molecular weight excluding hydrogens is 358 g/mol. The number of nitrogens with one attached hydrogen (secondary N) is 1. The lowest BCUT2D eigenvalue weighted by Crippen LogP contribution is -2.42. The summed E-state index contributed by atoms with van der Waals surface area (Å²) in [5.41, 5.74) is 0.431. The highest BCUT2D eigenvalue weighted by molar-refractivity contribution is 6.31. The van der Waals surface area contributed by atoms with Crippen LogP contribution in [-0.4, -0.2) is 47.7 Å². The van der Waals surface area contributed by atoms with Crippen molar-refractivity contribution >= 4 is 29.2 Å². The second-order valence-electron chi connectivity index (χ2n) is 6.20. The molecule has 138 valence electrons. The predicted octanol–water partition coefficient (Wildman–Crippen LogP) is 2.90. The van der Waals surface area contributed by atoms with Crippen LogP contribution in [0.3, 0.4) is 0 Å². The first kappa shape index (κ1) is 18.4. The van der Waals surface area contributed by atoms with E-state index in [1.165, 1.54) is 4.90 Å².